The zero-order valence-electron chi connectivity index (χ0n) is 12.2. The van der Waals surface area contributed by atoms with Crippen molar-refractivity contribution in [2.24, 2.45) is 5.73 Å². The number of carbonyl (C=O) groups is 1. The third-order valence-corrected chi connectivity index (χ3v) is 3.78. The van der Waals surface area contributed by atoms with Crippen molar-refractivity contribution in [2.75, 3.05) is 10.6 Å². The molecule has 1 saturated carbocycles. The lowest BCUT2D eigenvalue weighted by molar-refractivity contribution is 0.100. The van der Waals surface area contributed by atoms with Crippen LogP contribution in [0.2, 0.25) is 0 Å². The van der Waals surface area contributed by atoms with Gasteiger partial charge in [0, 0.05) is 17.9 Å². The molecule has 1 heterocycles. The molecule has 0 unspecified atom stereocenters. The molecular weight excluding hydrogens is 278 g/mol. The van der Waals surface area contributed by atoms with E-state index in [4.69, 9.17) is 5.73 Å². The normalized spacial score (nSPS) is 14.7. The highest BCUT2D eigenvalue weighted by atomic mass is 16.1. The molecule has 6 heteroatoms. The number of rotatable bonds is 5. The highest BCUT2D eigenvalue weighted by Crippen LogP contribution is 2.24. The lowest BCUT2D eigenvalue weighted by Gasteiger charge is -2.15. The van der Waals surface area contributed by atoms with Gasteiger partial charge >= 0.3 is 0 Å². The maximum atomic E-state index is 11.5. The number of nitrogens with zero attached hydrogens (tertiary/aromatic N) is 2. The van der Waals surface area contributed by atoms with E-state index >= 15 is 0 Å². The van der Waals surface area contributed by atoms with Gasteiger partial charge in [0.15, 0.2) is 0 Å². The molecule has 1 aliphatic rings. The lowest BCUT2D eigenvalue weighted by Crippen LogP contribution is -2.21. The highest BCUT2D eigenvalue weighted by molar-refractivity contribution is 5.97. The second-order valence-electron chi connectivity index (χ2n) is 5.44. The Balaban J connectivity index is 1.84. The smallest absolute Gasteiger partial charge is 0.254 e. The first-order chi connectivity index (χ1) is 10.7. The van der Waals surface area contributed by atoms with Crippen molar-refractivity contribution in [1.82, 2.24) is 9.97 Å². The molecule has 6 nitrogen and oxygen atoms in total. The SMILES string of the molecule is NC(=O)c1cnc(Nc2ccccc2)nc1NC1CCCC1. The predicted molar refractivity (Wildman–Crippen MR) is 86.2 cm³/mol. The largest absolute Gasteiger partial charge is 0.367 e. The maximum absolute atomic E-state index is 11.5. The molecule has 1 aromatic carbocycles. The number of amides is 1. The van der Waals surface area contributed by atoms with E-state index in [0.717, 1.165) is 18.5 Å². The van der Waals surface area contributed by atoms with Gasteiger partial charge in [-0.2, -0.15) is 4.98 Å². The minimum atomic E-state index is -0.522. The van der Waals surface area contributed by atoms with Crippen molar-refractivity contribution in [1.29, 1.82) is 0 Å². The van der Waals surface area contributed by atoms with Crippen molar-refractivity contribution in [2.45, 2.75) is 31.7 Å². The lowest BCUT2D eigenvalue weighted by atomic mass is 10.2. The Bertz CT molecular complexity index is 653. The second-order valence-corrected chi connectivity index (χ2v) is 5.44. The van der Waals surface area contributed by atoms with Gasteiger partial charge in [0.25, 0.3) is 5.91 Å². The topological polar surface area (TPSA) is 92.9 Å². The van der Waals surface area contributed by atoms with Gasteiger partial charge in [-0.3, -0.25) is 4.79 Å². The molecular formula is C16H19N5O. The summed E-state index contributed by atoms with van der Waals surface area (Å²) in [7, 11) is 0. The summed E-state index contributed by atoms with van der Waals surface area (Å²) in [5.41, 5.74) is 6.63. The molecule has 0 spiro atoms. The van der Waals surface area contributed by atoms with Crippen LogP contribution in [-0.2, 0) is 0 Å². The van der Waals surface area contributed by atoms with Gasteiger partial charge in [0.2, 0.25) is 5.95 Å². The Morgan fingerprint density at radius 1 is 1.18 bits per heavy atom. The van der Waals surface area contributed by atoms with E-state index in [9.17, 15) is 4.79 Å². The van der Waals surface area contributed by atoms with Crippen LogP contribution < -0.4 is 16.4 Å². The average molecular weight is 297 g/mol. The van der Waals surface area contributed by atoms with Gasteiger partial charge in [0.05, 0.1) is 5.56 Å². The molecule has 0 radical (unpaired) electrons. The number of hydrogen-bond acceptors (Lipinski definition) is 5. The summed E-state index contributed by atoms with van der Waals surface area (Å²) in [6.45, 7) is 0. The first-order valence-electron chi connectivity index (χ1n) is 7.48. The molecule has 114 valence electrons. The van der Waals surface area contributed by atoms with Crippen LogP contribution >= 0.6 is 0 Å². The molecule has 22 heavy (non-hydrogen) atoms. The zero-order chi connectivity index (χ0) is 15.4. The number of nitrogens with one attached hydrogen (secondary N) is 2. The Hall–Kier alpha value is -2.63. The minimum absolute atomic E-state index is 0.325. The standard InChI is InChI=1S/C16H19N5O/c17-14(22)13-10-18-16(20-12-6-2-1-3-7-12)21-15(13)19-11-8-4-5-9-11/h1-3,6-7,10-11H,4-5,8-9H2,(H2,17,22)(H2,18,19,20,21). The molecule has 1 aliphatic carbocycles. The maximum Gasteiger partial charge on any atom is 0.254 e. The van der Waals surface area contributed by atoms with E-state index in [1.165, 1.54) is 19.0 Å². The number of benzene rings is 1. The van der Waals surface area contributed by atoms with E-state index < -0.39 is 5.91 Å². The third-order valence-electron chi connectivity index (χ3n) is 3.78. The number of anilines is 3. The number of para-hydroxylation sites is 1. The molecule has 1 amide bonds. The van der Waals surface area contributed by atoms with Crippen LogP contribution in [0.1, 0.15) is 36.0 Å². The summed E-state index contributed by atoms with van der Waals surface area (Å²) >= 11 is 0. The van der Waals surface area contributed by atoms with E-state index in [-0.39, 0.29) is 0 Å². The van der Waals surface area contributed by atoms with Crippen molar-refractivity contribution >= 4 is 23.4 Å². The Kier molecular flexibility index (Phi) is 4.18. The van der Waals surface area contributed by atoms with E-state index in [1.54, 1.807) is 0 Å². The number of primary amides is 1. The fourth-order valence-corrected chi connectivity index (χ4v) is 2.65. The van der Waals surface area contributed by atoms with Gasteiger partial charge in [-0.15, -0.1) is 0 Å². The summed E-state index contributed by atoms with van der Waals surface area (Å²) in [6.07, 6.45) is 6.04. The highest BCUT2D eigenvalue weighted by Gasteiger charge is 2.19. The fourth-order valence-electron chi connectivity index (χ4n) is 2.65. The number of hydrogen-bond donors (Lipinski definition) is 3. The number of carbonyl (C=O) groups excluding carboxylic acids is 1. The Morgan fingerprint density at radius 2 is 1.91 bits per heavy atom. The molecule has 0 bridgehead atoms. The van der Waals surface area contributed by atoms with Gasteiger partial charge in [-0.25, -0.2) is 4.98 Å². The zero-order valence-corrected chi connectivity index (χ0v) is 12.2. The number of aromatic nitrogens is 2. The van der Waals surface area contributed by atoms with Gasteiger partial charge < -0.3 is 16.4 Å². The van der Waals surface area contributed by atoms with E-state index in [2.05, 4.69) is 20.6 Å². The van der Waals surface area contributed by atoms with Crippen molar-refractivity contribution < 1.29 is 4.79 Å². The van der Waals surface area contributed by atoms with Gasteiger partial charge in [-0.05, 0) is 25.0 Å². The van der Waals surface area contributed by atoms with Crippen molar-refractivity contribution in [3.8, 4) is 0 Å². The average Bonchev–Trinajstić information content (AvgIpc) is 3.01. The molecule has 2 aromatic rings. The predicted octanol–water partition coefficient (Wildman–Crippen LogP) is 2.67. The molecule has 0 saturated heterocycles. The monoisotopic (exact) mass is 297 g/mol. The minimum Gasteiger partial charge on any atom is -0.367 e. The van der Waals surface area contributed by atoms with Gasteiger partial charge in [-0.1, -0.05) is 31.0 Å². The summed E-state index contributed by atoms with van der Waals surface area (Å²) in [5, 5.41) is 6.45. The number of nitrogens with two attached hydrogens (primary N) is 1. The van der Waals surface area contributed by atoms with E-state index in [0.29, 0.717) is 23.4 Å². The van der Waals surface area contributed by atoms with Crippen LogP contribution in [0.15, 0.2) is 36.5 Å². The van der Waals surface area contributed by atoms with Crippen molar-refractivity contribution in [3.63, 3.8) is 0 Å². The van der Waals surface area contributed by atoms with Crippen LogP contribution in [0.4, 0.5) is 17.5 Å². The summed E-state index contributed by atoms with van der Waals surface area (Å²) < 4.78 is 0. The molecule has 3 rings (SSSR count). The molecule has 1 aromatic heterocycles. The molecule has 0 aliphatic heterocycles. The molecule has 1 fully saturated rings. The van der Waals surface area contributed by atoms with Crippen LogP contribution in [0.3, 0.4) is 0 Å². The van der Waals surface area contributed by atoms with Crippen LogP contribution in [-0.4, -0.2) is 21.9 Å². The van der Waals surface area contributed by atoms with Crippen LogP contribution in [0, 0.1) is 0 Å². The van der Waals surface area contributed by atoms with Crippen LogP contribution in [0.25, 0.3) is 0 Å². The summed E-state index contributed by atoms with van der Waals surface area (Å²) in [5.74, 6) is 0.427. The fraction of sp³-hybridized carbons (Fsp3) is 0.312. The first kappa shape index (κ1) is 14.3. The first-order valence-corrected chi connectivity index (χ1v) is 7.48. The van der Waals surface area contributed by atoms with Gasteiger partial charge in [0.1, 0.15) is 5.82 Å². The Labute approximate surface area is 129 Å². The summed E-state index contributed by atoms with van der Waals surface area (Å²) in [4.78, 5) is 20.1. The third kappa shape index (κ3) is 3.33. The van der Waals surface area contributed by atoms with Crippen LogP contribution in [0.5, 0.6) is 0 Å². The van der Waals surface area contributed by atoms with E-state index in [1.807, 2.05) is 30.3 Å². The second kappa shape index (κ2) is 6.43. The van der Waals surface area contributed by atoms with Crippen molar-refractivity contribution in [3.05, 3.63) is 42.1 Å². The Morgan fingerprint density at radius 3 is 2.59 bits per heavy atom. The summed E-state index contributed by atoms with van der Waals surface area (Å²) in [6, 6.07) is 9.99. The molecule has 4 N–H and O–H groups in total. The quantitative estimate of drug-likeness (QED) is 0.789. The molecule has 0 atom stereocenters.